The van der Waals surface area contributed by atoms with Crippen LogP contribution in [0, 0.1) is 0 Å². The lowest BCUT2D eigenvalue weighted by atomic mass is 9.78. The molecule has 4 heteroatoms. The van der Waals surface area contributed by atoms with E-state index < -0.39 is 11.9 Å². The number of carbonyl (C=O) groups excluding carboxylic acids is 2. The Morgan fingerprint density at radius 3 is 2.04 bits per heavy atom. The smallest absolute Gasteiger partial charge is 0.336 e. The SMILES string of the molecule is CCOC(=O)/C=C/C(=O)Oc1ccc(C(C)(C)c2ccccc2)cc1. The summed E-state index contributed by atoms with van der Waals surface area (Å²) >= 11 is 0. The second-order valence-corrected chi connectivity index (χ2v) is 6.02. The van der Waals surface area contributed by atoms with Crippen LogP contribution in [0.5, 0.6) is 5.75 Å². The van der Waals surface area contributed by atoms with Gasteiger partial charge in [0.15, 0.2) is 0 Å². The van der Waals surface area contributed by atoms with Gasteiger partial charge in [-0.05, 0) is 30.2 Å². The van der Waals surface area contributed by atoms with Gasteiger partial charge in [0.05, 0.1) is 6.61 Å². The first-order valence-electron chi connectivity index (χ1n) is 8.16. The highest BCUT2D eigenvalue weighted by Crippen LogP contribution is 2.32. The zero-order valence-corrected chi connectivity index (χ0v) is 14.7. The molecule has 0 aliphatic carbocycles. The first-order valence-corrected chi connectivity index (χ1v) is 8.16. The lowest BCUT2D eigenvalue weighted by molar-refractivity contribution is -0.138. The zero-order valence-electron chi connectivity index (χ0n) is 14.7. The van der Waals surface area contributed by atoms with Crippen LogP contribution in [0.2, 0.25) is 0 Å². The number of esters is 2. The summed E-state index contributed by atoms with van der Waals surface area (Å²) < 4.78 is 9.89. The van der Waals surface area contributed by atoms with Gasteiger partial charge in [-0.1, -0.05) is 56.3 Å². The molecule has 0 saturated carbocycles. The van der Waals surface area contributed by atoms with Crippen LogP contribution in [0.25, 0.3) is 0 Å². The van der Waals surface area contributed by atoms with Crippen LogP contribution in [0.15, 0.2) is 66.7 Å². The number of hydrogen-bond donors (Lipinski definition) is 0. The van der Waals surface area contributed by atoms with E-state index in [2.05, 4.69) is 26.0 Å². The van der Waals surface area contributed by atoms with E-state index in [4.69, 9.17) is 9.47 Å². The lowest BCUT2D eigenvalue weighted by Gasteiger charge is -2.26. The number of carbonyl (C=O) groups is 2. The summed E-state index contributed by atoms with van der Waals surface area (Å²) in [7, 11) is 0. The highest BCUT2D eigenvalue weighted by molar-refractivity contribution is 5.92. The van der Waals surface area contributed by atoms with Gasteiger partial charge in [-0.25, -0.2) is 9.59 Å². The van der Waals surface area contributed by atoms with Crippen LogP contribution in [0.1, 0.15) is 31.9 Å². The van der Waals surface area contributed by atoms with Gasteiger partial charge in [-0.2, -0.15) is 0 Å². The molecule has 2 aromatic rings. The minimum atomic E-state index is -0.622. The summed E-state index contributed by atoms with van der Waals surface area (Å²) in [4.78, 5) is 22.9. The molecule has 0 saturated heterocycles. The van der Waals surface area contributed by atoms with E-state index in [0.29, 0.717) is 5.75 Å². The monoisotopic (exact) mass is 338 g/mol. The largest absolute Gasteiger partial charge is 0.463 e. The third-order valence-corrected chi connectivity index (χ3v) is 3.93. The molecule has 0 radical (unpaired) electrons. The van der Waals surface area contributed by atoms with Gasteiger partial charge < -0.3 is 9.47 Å². The Hall–Kier alpha value is -2.88. The Morgan fingerprint density at radius 2 is 1.44 bits per heavy atom. The van der Waals surface area contributed by atoms with Crippen molar-refractivity contribution in [3.8, 4) is 5.75 Å². The van der Waals surface area contributed by atoms with Crippen molar-refractivity contribution in [2.45, 2.75) is 26.2 Å². The van der Waals surface area contributed by atoms with E-state index in [0.717, 1.165) is 17.7 Å². The van der Waals surface area contributed by atoms with Crippen LogP contribution in [0.3, 0.4) is 0 Å². The van der Waals surface area contributed by atoms with Crippen molar-refractivity contribution in [1.82, 2.24) is 0 Å². The molecule has 0 aromatic heterocycles. The van der Waals surface area contributed by atoms with Crippen molar-refractivity contribution in [2.75, 3.05) is 6.61 Å². The fraction of sp³-hybridized carbons (Fsp3) is 0.238. The summed E-state index contributed by atoms with van der Waals surface area (Å²) in [6.07, 6.45) is 2.11. The van der Waals surface area contributed by atoms with Crippen molar-refractivity contribution in [3.63, 3.8) is 0 Å². The van der Waals surface area contributed by atoms with Gasteiger partial charge in [-0.3, -0.25) is 0 Å². The Balaban J connectivity index is 2.05. The molecule has 130 valence electrons. The normalized spacial score (nSPS) is 11.3. The van der Waals surface area contributed by atoms with Crippen LogP contribution in [-0.4, -0.2) is 18.5 Å². The van der Waals surface area contributed by atoms with Crippen LogP contribution in [0.4, 0.5) is 0 Å². The number of hydrogen-bond acceptors (Lipinski definition) is 4. The van der Waals surface area contributed by atoms with E-state index in [1.54, 1.807) is 19.1 Å². The average Bonchev–Trinajstić information content (AvgIpc) is 2.61. The summed E-state index contributed by atoms with van der Waals surface area (Å²) in [6.45, 7) is 6.25. The molecule has 0 fully saturated rings. The first kappa shape index (κ1) is 18.5. The van der Waals surface area contributed by atoms with Crippen molar-refractivity contribution in [1.29, 1.82) is 0 Å². The molecule has 0 spiro atoms. The van der Waals surface area contributed by atoms with Crippen molar-refractivity contribution in [3.05, 3.63) is 77.9 Å². The predicted molar refractivity (Wildman–Crippen MR) is 96.4 cm³/mol. The van der Waals surface area contributed by atoms with E-state index >= 15 is 0 Å². The molecule has 0 atom stereocenters. The minimum absolute atomic E-state index is 0.159. The summed E-state index contributed by atoms with van der Waals surface area (Å²) in [5.41, 5.74) is 2.16. The van der Waals surface area contributed by atoms with Crippen molar-refractivity contribution < 1.29 is 19.1 Å². The Kier molecular flexibility index (Phi) is 6.12. The molecule has 0 N–H and O–H groups in total. The van der Waals surface area contributed by atoms with Gasteiger partial charge in [0.2, 0.25) is 0 Å². The standard InChI is InChI=1S/C21H22O4/c1-4-24-19(22)14-15-20(23)25-18-12-10-17(11-13-18)21(2,3)16-8-6-5-7-9-16/h5-15H,4H2,1-3H3/b15-14+. The van der Waals surface area contributed by atoms with Crippen molar-refractivity contribution >= 4 is 11.9 Å². The Bertz CT molecular complexity index is 743. The van der Waals surface area contributed by atoms with E-state index in [1.807, 2.05) is 30.3 Å². The molecule has 0 aliphatic heterocycles. The topological polar surface area (TPSA) is 52.6 Å². The van der Waals surface area contributed by atoms with Gasteiger partial charge in [0.1, 0.15) is 5.75 Å². The maximum Gasteiger partial charge on any atom is 0.336 e. The van der Waals surface area contributed by atoms with Crippen LogP contribution in [-0.2, 0) is 19.7 Å². The molecule has 0 aliphatic rings. The molecular formula is C21H22O4. The van der Waals surface area contributed by atoms with Crippen molar-refractivity contribution in [2.24, 2.45) is 0 Å². The fourth-order valence-electron chi connectivity index (χ4n) is 2.44. The fourth-order valence-corrected chi connectivity index (χ4v) is 2.44. The van der Waals surface area contributed by atoms with E-state index in [9.17, 15) is 9.59 Å². The van der Waals surface area contributed by atoms with E-state index in [1.165, 1.54) is 5.56 Å². The van der Waals surface area contributed by atoms with Crippen LogP contribution < -0.4 is 4.74 Å². The quantitative estimate of drug-likeness (QED) is 0.453. The lowest BCUT2D eigenvalue weighted by Crippen LogP contribution is -2.18. The number of ether oxygens (including phenoxy) is 2. The summed E-state index contributed by atoms with van der Waals surface area (Å²) in [5, 5.41) is 0. The predicted octanol–water partition coefficient (Wildman–Crippen LogP) is 4.04. The summed E-state index contributed by atoms with van der Waals surface area (Å²) in [5.74, 6) is -0.770. The Morgan fingerprint density at radius 1 is 0.880 bits per heavy atom. The van der Waals surface area contributed by atoms with Gasteiger partial charge >= 0.3 is 11.9 Å². The zero-order chi connectivity index (χ0) is 18.3. The molecule has 25 heavy (non-hydrogen) atoms. The first-order chi connectivity index (χ1) is 11.9. The second kappa shape index (κ2) is 8.29. The third-order valence-electron chi connectivity index (χ3n) is 3.93. The second-order valence-electron chi connectivity index (χ2n) is 6.02. The number of benzene rings is 2. The third kappa shape index (κ3) is 5.05. The maximum atomic E-state index is 11.7. The minimum Gasteiger partial charge on any atom is -0.463 e. The molecule has 2 aromatic carbocycles. The van der Waals surface area contributed by atoms with Gasteiger partial charge in [-0.15, -0.1) is 0 Å². The number of rotatable bonds is 6. The van der Waals surface area contributed by atoms with E-state index in [-0.39, 0.29) is 12.0 Å². The molecule has 0 unspecified atom stereocenters. The average molecular weight is 338 g/mol. The summed E-state index contributed by atoms with van der Waals surface area (Å²) in [6, 6.07) is 17.6. The van der Waals surface area contributed by atoms with Crippen LogP contribution >= 0.6 is 0 Å². The molecular weight excluding hydrogens is 316 g/mol. The molecule has 2 rings (SSSR count). The molecule has 4 nitrogen and oxygen atoms in total. The molecule has 0 bridgehead atoms. The molecule has 0 amide bonds. The highest BCUT2D eigenvalue weighted by atomic mass is 16.5. The van der Waals surface area contributed by atoms with Gasteiger partial charge in [0, 0.05) is 17.6 Å². The molecule has 0 heterocycles. The van der Waals surface area contributed by atoms with Gasteiger partial charge in [0.25, 0.3) is 0 Å². The Labute approximate surface area is 148 Å². The highest BCUT2D eigenvalue weighted by Gasteiger charge is 2.22. The maximum absolute atomic E-state index is 11.7.